The van der Waals surface area contributed by atoms with E-state index in [1.165, 1.54) is 18.4 Å². The molecule has 0 unspecified atom stereocenters. The van der Waals surface area contributed by atoms with Crippen molar-refractivity contribution in [3.05, 3.63) is 34.9 Å². The van der Waals surface area contributed by atoms with Gasteiger partial charge in [0.05, 0.1) is 6.54 Å². The van der Waals surface area contributed by atoms with E-state index in [1.807, 2.05) is 12.1 Å². The summed E-state index contributed by atoms with van der Waals surface area (Å²) in [6.45, 7) is 6.74. The summed E-state index contributed by atoms with van der Waals surface area (Å²) in [6.07, 6.45) is 2.34. The van der Waals surface area contributed by atoms with Crippen molar-refractivity contribution in [2.45, 2.75) is 32.1 Å². The normalized spacial score (nSPS) is 17.3. The minimum atomic E-state index is 0.169. The van der Waals surface area contributed by atoms with Crippen LogP contribution in [0.25, 0.3) is 0 Å². The van der Waals surface area contributed by atoms with Crippen LogP contribution in [-0.2, 0) is 5.41 Å². The SMILES string of the molecule is CCN(CC)C(N)=NCC1(c2cccc(Cl)c2)CC1. The smallest absolute Gasteiger partial charge is 0.191 e. The number of hydrogen-bond donors (Lipinski definition) is 1. The van der Waals surface area contributed by atoms with Crippen LogP contribution >= 0.6 is 11.6 Å². The van der Waals surface area contributed by atoms with Gasteiger partial charge in [-0.25, -0.2) is 0 Å². The zero-order valence-corrected chi connectivity index (χ0v) is 12.5. The van der Waals surface area contributed by atoms with Gasteiger partial charge in [0, 0.05) is 23.5 Å². The van der Waals surface area contributed by atoms with E-state index in [-0.39, 0.29) is 5.41 Å². The molecule has 1 aromatic rings. The van der Waals surface area contributed by atoms with Gasteiger partial charge in [-0.15, -0.1) is 0 Å². The number of guanidine groups is 1. The van der Waals surface area contributed by atoms with E-state index in [4.69, 9.17) is 17.3 Å². The third kappa shape index (κ3) is 3.21. The number of nitrogens with zero attached hydrogens (tertiary/aromatic N) is 2. The fourth-order valence-electron chi connectivity index (χ4n) is 2.39. The molecule has 0 spiro atoms. The average molecular weight is 280 g/mol. The number of hydrogen-bond acceptors (Lipinski definition) is 1. The van der Waals surface area contributed by atoms with Crippen molar-refractivity contribution in [1.29, 1.82) is 0 Å². The molecule has 0 saturated heterocycles. The molecule has 0 amide bonds. The lowest BCUT2D eigenvalue weighted by Gasteiger charge is -2.21. The summed E-state index contributed by atoms with van der Waals surface area (Å²) < 4.78 is 0. The lowest BCUT2D eigenvalue weighted by molar-refractivity contribution is 0.456. The van der Waals surface area contributed by atoms with Gasteiger partial charge in [-0.3, -0.25) is 4.99 Å². The monoisotopic (exact) mass is 279 g/mol. The van der Waals surface area contributed by atoms with E-state index in [0.717, 1.165) is 24.7 Å². The molecule has 2 rings (SSSR count). The summed E-state index contributed by atoms with van der Waals surface area (Å²) in [5.74, 6) is 0.651. The fraction of sp³-hybridized carbons (Fsp3) is 0.533. The van der Waals surface area contributed by atoms with Crippen LogP contribution in [0.5, 0.6) is 0 Å². The van der Waals surface area contributed by atoms with Crippen LogP contribution in [0.15, 0.2) is 29.3 Å². The van der Waals surface area contributed by atoms with Crippen molar-refractivity contribution < 1.29 is 0 Å². The number of nitrogens with two attached hydrogens (primary N) is 1. The molecule has 19 heavy (non-hydrogen) atoms. The van der Waals surface area contributed by atoms with Crippen LogP contribution < -0.4 is 5.73 Å². The first-order valence-corrected chi connectivity index (χ1v) is 7.30. The van der Waals surface area contributed by atoms with E-state index >= 15 is 0 Å². The van der Waals surface area contributed by atoms with Gasteiger partial charge in [-0.05, 0) is 44.4 Å². The Labute approximate surface area is 120 Å². The van der Waals surface area contributed by atoms with Crippen molar-refractivity contribution >= 4 is 17.6 Å². The maximum absolute atomic E-state index is 6.07. The van der Waals surface area contributed by atoms with Crippen molar-refractivity contribution in [3.8, 4) is 0 Å². The molecule has 1 aliphatic carbocycles. The van der Waals surface area contributed by atoms with Gasteiger partial charge in [-0.2, -0.15) is 0 Å². The highest BCUT2D eigenvalue weighted by atomic mass is 35.5. The van der Waals surface area contributed by atoms with Crippen LogP contribution in [0.2, 0.25) is 5.02 Å². The van der Waals surface area contributed by atoms with Crippen molar-refractivity contribution in [3.63, 3.8) is 0 Å². The van der Waals surface area contributed by atoms with Gasteiger partial charge in [0.15, 0.2) is 5.96 Å². The van der Waals surface area contributed by atoms with Gasteiger partial charge < -0.3 is 10.6 Å². The molecule has 3 nitrogen and oxygen atoms in total. The molecule has 0 bridgehead atoms. The maximum atomic E-state index is 6.07. The van der Waals surface area contributed by atoms with Crippen LogP contribution in [0.1, 0.15) is 32.3 Å². The standard InChI is InChI=1S/C15H22ClN3/c1-3-19(4-2)14(17)18-11-15(8-9-15)12-6-5-7-13(16)10-12/h5-7,10H,3-4,8-9,11H2,1-2H3,(H2,17,18). The molecule has 1 fully saturated rings. The van der Waals surface area contributed by atoms with Crippen LogP contribution in [0, 0.1) is 0 Å². The minimum Gasteiger partial charge on any atom is -0.370 e. The van der Waals surface area contributed by atoms with Gasteiger partial charge in [0.2, 0.25) is 0 Å². The Morgan fingerprint density at radius 1 is 1.37 bits per heavy atom. The summed E-state index contributed by atoms with van der Waals surface area (Å²) in [6, 6.07) is 8.11. The Balaban J connectivity index is 2.09. The molecule has 0 atom stereocenters. The van der Waals surface area contributed by atoms with E-state index in [9.17, 15) is 0 Å². The lowest BCUT2D eigenvalue weighted by Crippen LogP contribution is -2.37. The molecule has 104 valence electrons. The Hall–Kier alpha value is -1.22. The molecule has 0 radical (unpaired) electrons. The summed E-state index contributed by atoms with van der Waals surface area (Å²) in [5.41, 5.74) is 7.49. The highest BCUT2D eigenvalue weighted by Gasteiger charge is 2.44. The second-order valence-corrected chi connectivity index (χ2v) is 5.57. The third-order valence-corrected chi connectivity index (χ3v) is 4.16. The highest BCUT2D eigenvalue weighted by molar-refractivity contribution is 6.30. The summed E-state index contributed by atoms with van der Waals surface area (Å²) in [4.78, 5) is 6.66. The Morgan fingerprint density at radius 2 is 2.05 bits per heavy atom. The number of benzene rings is 1. The zero-order valence-electron chi connectivity index (χ0n) is 11.7. The molecule has 0 aromatic heterocycles. The molecular weight excluding hydrogens is 258 g/mol. The topological polar surface area (TPSA) is 41.6 Å². The Kier molecular flexibility index (Phi) is 4.35. The quantitative estimate of drug-likeness (QED) is 0.665. The van der Waals surface area contributed by atoms with E-state index in [0.29, 0.717) is 5.96 Å². The molecule has 1 saturated carbocycles. The highest BCUT2D eigenvalue weighted by Crippen LogP contribution is 2.48. The fourth-order valence-corrected chi connectivity index (χ4v) is 2.58. The molecular formula is C15H22ClN3. The van der Waals surface area contributed by atoms with Crippen LogP contribution in [0.4, 0.5) is 0 Å². The molecule has 0 heterocycles. The number of aliphatic imine (C=N–C) groups is 1. The van der Waals surface area contributed by atoms with Crippen LogP contribution in [0.3, 0.4) is 0 Å². The van der Waals surface area contributed by atoms with Crippen molar-refractivity contribution in [2.75, 3.05) is 19.6 Å². The van der Waals surface area contributed by atoms with Crippen molar-refractivity contribution in [2.24, 2.45) is 10.7 Å². The van der Waals surface area contributed by atoms with Crippen LogP contribution in [-0.4, -0.2) is 30.5 Å². The van der Waals surface area contributed by atoms with Gasteiger partial charge in [0.25, 0.3) is 0 Å². The molecule has 1 aliphatic rings. The minimum absolute atomic E-state index is 0.169. The van der Waals surface area contributed by atoms with Gasteiger partial charge >= 0.3 is 0 Å². The second-order valence-electron chi connectivity index (χ2n) is 5.14. The summed E-state index contributed by atoms with van der Waals surface area (Å²) in [5, 5.41) is 0.796. The number of halogens is 1. The van der Waals surface area contributed by atoms with Crippen molar-refractivity contribution in [1.82, 2.24) is 4.90 Å². The van der Waals surface area contributed by atoms with Gasteiger partial charge in [0.1, 0.15) is 0 Å². The Bertz CT molecular complexity index is 462. The molecule has 1 aromatic carbocycles. The predicted octanol–water partition coefficient (Wildman–Crippen LogP) is 3.03. The molecule has 0 aliphatic heterocycles. The van der Waals surface area contributed by atoms with E-state index < -0.39 is 0 Å². The largest absolute Gasteiger partial charge is 0.370 e. The third-order valence-electron chi connectivity index (χ3n) is 3.92. The average Bonchev–Trinajstić information content (AvgIpc) is 3.19. The van der Waals surface area contributed by atoms with Gasteiger partial charge in [-0.1, -0.05) is 23.7 Å². The lowest BCUT2D eigenvalue weighted by atomic mass is 9.96. The predicted molar refractivity (Wildman–Crippen MR) is 81.8 cm³/mol. The summed E-state index contributed by atoms with van der Waals surface area (Å²) in [7, 11) is 0. The first-order chi connectivity index (χ1) is 9.11. The maximum Gasteiger partial charge on any atom is 0.191 e. The second kappa shape index (κ2) is 5.83. The molecule has 4 heteroatoms. The first kappa shape index (κ1) is 14.2. The number of rotatable bonds is 5. The van der Waals surface area contributed by atoms with E-state index in [1.54, 1.807) is 0 Å². The summed E-state index contributed by atoms with van der Waals surface area (Å²) >= 11 is 6.07. The zero-order chi connectivity index (χ0) is 13.9. The Morgan fingerprint density at radius 3 is 2.58 bits per heavy atom. The first-order valence-electron chi connectivity index (χ1n) is 6.92. The van der Waals surface area contributed by atoms with E-state index in [2.05, 4.69) is 35.9 Å². The molecule has 2 N–H and O–H groups in total.